The second-order valence-electron chi connectivity index (χ2n) is 4.67. The van der Waals surface area contributed by atoms with Crippen LogP contribution in [0.25, 0.3) is 0 Å². The second kappa shape index (κ2) is 7.20. The van der Waals surface area contributed by atoms with Crippen LogP contribution < -0.4 is 4.72 Å². The Hall–Kier alpha value is -1.91. The number of nitrogens with one attached hydrogen (secondary N) is 1. The number of rotatable bonds is 6. The molecule has 0 aliphatic heterocycles. The van der Waals surface area contributed by atoms with Gasteiger partial charge in [-0.15, -0.1) is 0 Å². The Labute approximate surface area is 125 Å². The molecule has 0 bridgehead atoms. The van der Waals surface area contributed by atoms with E-state index in [1.807, 2.05) is 13.0 Å². The fourth-order valence-corrected chi connectivity index (χ4v) is 2.91. The highest BCUT2D eigenvalue weighted by atomic mass is 32.2. The van der Waals surface area contributed by atoms with Crippen molar-refractivity contribution in [2.75, 3.05) is 13.6 Å². The average Bonchev–Trinajstić information content (AvgIpc) is 2.46. The van der Waals surface area contributed by atoms with Crippen molar-refractivity contribution in [3.63, 3.8) is 0 Å². The molecule has 0 spiro atoms. The van der Waals surface area contributed by atoms with Gasteiger partial charge in [-0.2, -0.15) is 9.98 Å². The summed E-state index contributed by atoms with van der Waals surface area (Å²) in [4.78, 5) is 13.4. The largest absolute Gasteiger partial charge is 0.345 e. The van der Waals surface area contributed by atoms with Crippen molar-refractivity contribution in [2.24, 2.45) is 0 Å². The van der Waals surface area contributed by atoms with Crippen LogP contribution in [-0.4, -0.2) is 38.9 Å². The summed E-state index contributed by atoms with van der Waals surface area (Å²) < 4.78 is 26.7. The van der Waals surface area contributed by atoms with Crippen LogP contribution in [0.5, 0.6) is 0 Å². The topological polar surface area (TPSA) is 90.3 Å². The van der Waals surface area contributed by atoms with Gasteiger partial charge in [-0.25, -0.2) is 8.42 Å². The number of hydrogen-bond donors (Lipinski definition) is 1. The van der Waals surface area contributed by atoms with Crippen molar-refractivity contribution in [1.29, 1.82) is 5.26 Å². The lowest BCUT2D eigenvalue weighted by molar-refractivity contribution is -0.131. The summed E-state index contributed by atoms with van der Waals surface area (Å²) in [5, 5.41) is 8.58. The van der Waals surface area contributed by atoms with E-state index in [9.17, 15) is 13.2 Å². The van der Waals surface area contributed by atoms with Gasteiger partial charge in [0.25, 0.3) is 0 Å². The van der Waals surface area contributed by atoms with E-state index in [0.29, 0.717) is 6.54 Å². The van der Waals surface area contributed by atoms with E-state index < -0.39 is 16.1 Å². The first-order valence-electron chi connectivity index (χ1n) is 6.55. The van der Waals surface area contributed by atoms with Gasteiger partial charge in [-0.1, -0.05) is 12.1 Å². The Morgan fingerprint density at radius 3 is 2.43 bits per heavy atom. The fraction of sp³-hybridized carbons (Fsp3) is 0.429. The van der Waals surface area contributed by atoms with E-state index in [1.165, 1.54) is 24.0 Å². The normalized spacial score (nSPS) is 12.5. The molecule has 0 saturated heterocycles. The summed E-state index contributed by atoms with van der Waals surface area (Å²) in [6.45, 7) is 3.83. The highest BCUT2D eigenvalue weighted by Gasteiger charge is 2.23. The maximum Gasteiger partial charge on any atom is 0.241 e. The number of likely N-dealkylation sites (N-methyl/N-ethyl adjacent to an activating group) is 1. The first kappa shape index (κ1) is 17.1. The van der Waals surface area contributed by atoms with E-state index in [0.717, 1.165) is 5.56 Å². The first-order valence-corrected chi connectivity index (χ1v) is 8.03. The minimum Gasteiger partial charge on any atom is -0.345 e. The number of hydrogen-bond acceptors (Lipinski definition) is 4. The first-order chi connectivity index (χ1) is 9.81. The lowest BCUT2D eigenvalue weighted by Crippen LogP contribution is -2.45. The Bertz CT molecular complexity index is 632. The standard InChI is InChI=1S/C14H19N3O3S/c1-4-17(3)14(18)11(2)16-21(19,20)13-7-5-12(6-8-13)9-10-15/h5-8,11,16H,4,9H2,1-3H3. The lowest BCUT2D eigenvalue weighted by Gasteiger charge is -2.20. The number of sulfonamides is 1. The zero-order valence-electron chi connectivity index (χ0n) is 12.3. The third-order valence-electron chi connectivity index (χ3n) is 3.07. The van der Waals surface area contributed by atoms with E-state index >= 15 is 0 Å². The fourth-order valence-electron chi connectivity index (χ4n) is 1.72. The van der Waals surface area contributed by atoms with Crippen LogP contribution in [-0.2, 0) is 21.2 Å². The van der Waals surface area contributed by atoms with Crippen LogP contribution in [0, 0.1) is 11.3 Å². The molecule has 1 N–H and O–H groups in total. The molecule has 1 unspecified atom stereocenters. The van der Waals surface area contributed by atoms with Crippen molar-refractivity contribution in [2.45, 2.75) is 31.2 Å². The molecular formula is C14H19N3O3S. The summed E-state index contributed by atoms with van der Waals surface area (Å²) in [5.41, 5.74) is 0.742. The molecule has 6 nitrogen and oxygen atoms in total. The number of carbonyl (C=O) groups excluding carboxylic acids is 1. The molecule has 1 aromatic carbocycles. The summed E-state index contributed by atoms with van der Waals surface area (Å²) >= 11 is 0. The van der Waals surface area contributed by atoms with E-state index in [2.05, 4.69) is 4.72 Å². The Morgan fingerprint density at radius 2 is 1.95 bits per heavy atom. The number of amides is 1. The van der Waals surface area contributed by atoms with Gasteiger partial charge in [-0.3, -0.25) is 4.79 Å². The van der Waals surface area contributed by atoms with E-state index in [1.54, 1.807) is 19.2 Å². The molecule has 21 heavy (non-hydrogen) atoms. The SMILES string of the molecule is CCN(C)C(=O)C(C)NS(=O)(=O)c1ccc(CC#N)cc1. The smallest absolute Gasteiger partial charge is 0.241 e. The van der Waals surface area contributed by atoms with Crippen LogP contribution in [0.2, 0.25) is 0 Å². The maximum atomic E-state index is 12.2. The van der Waals surface area contributed by atoms with Crippen molar-refractivity contribution in [3.8, 4) is 6.07 Å². The number of benzene rings is 1. The van der Waals surface area contributed by atoms with Gasteiger partial charge in [-0.05, 0) is 31.5 Å². The molecule has 7 heteroatoms. The Balaban J connectivity index is 2.86. The molecule has 0 heterocycles. The third-order valence-corrected chi connectivity index (χ3v) is 4.63. The third kappa shape index (κ3) is 4.55. The van der Waals surface area contributed by atoms with Crippen LogP contribution in [0.4, 0.5) is 0 Å². The van der Waals surface area contributed by atoms with Crippen LogP contribution in [0.15, 0.2) is 29.2 Å². The van der Waals surface area contributed by atoms with Gasteiger partial charge in [0.2, 0.25) is 15.9 Å². The Kier molecular flexibility index (Phi) is 5.88. The van der Waals surface area contributed by atoms with Crippen LogP contribution in [0.3, 0.4) is 0 Å². The van der Waals surface area contributed by atoms with Crippen molar-refractivity contribution < 1.29 is 13.2 Å². The predicted molar refractivity (Wildman–Crippen MR) is 78.9 cm³/mol. The Morgan fingerprint density at radius 1 is 1.38 bits per heavy atom. The molecule has 0 saturated carbocycles. The maximum absolute atomic E-state index is 12.2. The monoisotopic (exact) mass is 309 g/mol. The zero-order chi connectivity index (χ0) is 16.0. The van der Waals surface area contributed by atoms with Crippen molar-refractivity contribution in [1.82, 2.24) is 9.62 Å². The minimum atomic E-state index is -3.76. The minimum absolute atomic E-state index is 0.0722. The van der Waals surface area contributed by atoms with Crippen molar-refractivity contribution >= 4 is 15.9 Å². The average molecular weight is 309 g/mol. The molecule has 114 valence electrons. The molecule has 0 aliphatic rings. The van der Waals surface area contributed by atoms with Gasteiger partial charge in [0.1, 0.15) is 0 Å². The van der Waals surface area contributed by atoms with E-state index in [4.69, 9.17) is 5.26 Å². The summed E-state index contributed by atoms with van der Waals surface area (Å²) in [6.07, 6.45) is 0.226. The number of nitriles is 1. The molecule has 1 amide bonds. The molecular weight excluding hydrogens is 290 g/mol. The molecule has 0 aliphatic carbocycles. The number of carbonyl (C=O) groups is 1. The predicted octanol–water partition coefficient (Wildman–Crippen LogP) is 0.898. The summed E-state index contributed by atoms with van der Waals surface area (Å²) in [7, 11) is -2.14. The second-order valence-corrected chi connectivity index (χ2v) is 6.39. The molecule has 0 fully saturated rings. The van der Waals surface area contributed by atoms with Gasteiger partial charge < -0.3 is 4.90 Å². The van der Waals surface area contributed by atoms with Crippen molar-refractivity contribution in [3.05, 3.63) is 29.8 Å². The van der Waals surface area contributed by atoms with Crippen LogP contribution >= 0.6 is 0 Å². The van der Waals surface area contributed by atoms with E-state index in [-0.39, 0.29) is 17.2 Å². The van der Waals surface area contributed by atoms with Crippen LogP contribution in [0.1, 0.15) is 19.4 Å². The quantitative estimate of drug-likeness (QED) is 0.845. The molecule has 0 radical (unpaired) electrons. The zero-order valence-corrected chi connectivity index (χ0v) is 13.1. The highest BCUT2D eigenvalue weighted by molar-refractivity contribution is 7.89. The molecule has 1 aromatic rings. The molecule has 0 aromatic heterocycles. The summed E-state index contributed by atoms with van der Waals surface area (Å²) in [5.74, 6) is -0.290. The molecule has 1 rings (SSSR count). The van der Waals surface area contributed by atoms with Gasteiger partial charge in [0.05, 0.1) is 23.4 Å². The highest BCUT2D eigenvalue weighted by Crippen LogP contribution is 2.11. The number of nitrogens with zero attached hydrogens (tertiary/aromatic N) is 2. The van der Waals surface area contributed by atoms with Gasteiger partial charge in [0.15, 0.2) is 0 Å². The van der Waals surface area contributed by atoms with Gasteiger partial charge >= 0.3 is 0 Å². The lowest BCUT2D eigenvalue weighted by atomic mass is 10.2. The van der Waals surface area contributed by atoms with Gasteiger partial charge in [0, 0.05) is 13.6 Å². The molecule has 1 atom stereocenters. The summed E-state index contributed by atoms with van der Waals surface area (Å²) in [6, 6.07) is 7.18.